The van der Waals surface area contributed by atoms with E-state index in [1.54, 1.807) is 31.4 Å². The van der Waals surface area contributed by atoms with Gasteiger partial charge in [-0.25, -0.2) is 0 Å². The molecule has 0 spiro atoms. The maximum Gasteiger partial charge on any atom is 0.395 e. The van der Waals surface area contributed by atoms with Crippen molar-refractivity contribution in [2.45, 2.75) is 6.92 Å². The molecule has 1 rings (SSSR count). The molecule has 6 nitrogen and oxygen atoms in total. The molecule has 7 heteroatoms. The summed E-state index contributed by atoms with van der Waals surface area (Å²) >= 11 is 0. The molecule has 0 unspecified atom stereocenters. The summed E-state index contributed by atoms with van der Waals surface area (Å²) in [6, 6.07) is 6.89. The number of carbonyl (C=O) groups excluding carboxylic acids is 1. The van der Waals surface area contributed by atoms with Gasteiger partial charge in [-0.2, -0.15) is 0 Å². The summed E-state index contributed by atoms with van der Waals surface area (Å²) in [7, 11) is 0.348. The molecule has 0 N–H and O–H groups in total. The van der Waals surface area contributed by atoms with Gasteiger partial charge in [-0.05, 0) is 23.8 Å². The smallest absolute Gasteiger partial charge is 0.395 e. The molecule has 0 heterocycles. The van der Waals surface area contributed by atoms with Gasteiger partial charge in [-0.1, -0.05) is 12.1 Å². The van der Waals surface area contributed by atoms with Crippen LogP contribution in [0.15, 0.2) is 29.8 Å². The third-order valence-corrected chi connectivity index (χ3v) is 4.13. The van der Waals surface area contributed by atoms with E-state index in [0.717, 1.165) is 0 Å². The molecule has 0 fully saturated rings. The van der Waals surface area contributed by atoms with Crippen molar-refractivity contribution in [2.24, 2.45) is 0 Å². The Morgan fingerprint density at radius 3 is 2.05 bits per heavy atom. The zero-order chi connectivity index (χ0) is 15.2. The Morgan fingerprint density at radius 2 is 1.65 bits per heavy atom. The molecule has 0 saturated carbocycles. The Kier molecular flexibility index (Phi) is 5.95. The second-order valence-corrected chi connectivity index (χ2v) is 5.88. The number of methoxy groups -OCH3 is 1. The summed E-state index contributed by atoms with van der Waals surface area (Å²) < 4.78 is 31.9. The van der Waals surface area contributed by atoms with Crippen molar-refractivity contribution >= 4 is 19.6 Å². The van der Waals surface area contributed by atoms with Crippen LogP contribution in [0.2, 0.25) is 0 Å². The Hall–Kier alpha value is -1.62. The fourth-order valence-electron chi connectivity index (χ4n) is 1.41. The molecule has 0 atom stereocenters. The predicted molar refractivity (Wildman–Crippen MR) is 74.4 cm³/mol. The number of benzene rings is 1. The van der Waals surface area contributed by atoms with Crippen molar-refractivity contribution in [3.8, 4) is 5.75 Å². The lowest BCUT2D eigenvalue weighted by molar-refractivity contribution is -0.136. The standard InChI is InChI=1S/C13H17O6P/c1-10(14)19-13(20(15,17-3)18-4)9-11-5-7-12(16-2)8-6-11/h5-9H,1-4H3/b13-9-. The molecule has 0 aliphatic rings. The number of carbonyl (C=O) groups is 1. The number of rotatable bonds is 6. The average molecular weight is 300 g/mol. The Morgan fingerprint density at radius 1 is 1.10 bits per heavy atom. The van der Waals surface area contributed by atoms with Crippen molar-refractivity contribution in [2.75, 3.05) is 21.3 Å². The first-order chi connectivity index (χ1) is 9.45. The lowest BCUT2D eigenvalue weighted by atomic mass is 10.2. The topological polar surface area (TPSA) is 71.1 Å². The van der Waals surface area contributed by atoms with E-state index in [9.17, 15) is 9.36 Å². The molecule has 0 bridgehead atoms. The molecule has 0 aliphatic heterocycles. The summed E-state index contributed by atoms with van der Waals surface area (Å²) in [6.07, 6.45) is 1.43. The second kappa shape index (κ2) is 7.24. The lowest BCUT2D eigenvalue weighted by Gasteiger charge is -2.16. The van der Waals surface area contributed by atoms with E-state index in [0.29, 0.717) is 11.3 Å². The molecular formula is C13H17O6P. The number of ether oxygens (including phenoxy) is 2. The van der Waals surface area contributed by atoms with Gasteiger partial charge in [0.05, 0.1) is 7.11 Å². The minimum atomic E-state index is -3.64. The molecule has 0 aliphatic carbocycles. The van der Waals surface area contributed by atoms with Gasteiger partial charge in [0.1, 0.15) is 5.75 Å². The van der Waals surface area contributed by atoms with E-state index in [1.807, 2.05) is 0 Å². The third-order valence-electron chi connectivity index (χ3n) is 2.40. The first-order valence-corrected chi connectivity index (χ1v) is 7.25. The third kappa shape index (κ3) is 4.20. The van der Waals surface area contributed by atoms with Crippen LogP contribution in [-0.4, -0.2) is 27.3 Å². The highest BCUT2D eigenvalue weighted by atomic mass is 31.2. The highest BCUT2D eigenvalue weighted by molar-refractivity contribution is 7.58. The molecule has 0 saturated heterocycles. The van der Waals surface area contributed by atoms with Gasteiger partial charge in [-0.3, -0.25) is 9.36 Å². The molecule has 0 amide bonds. The maximum atomic E-state index is 12.3. The average Bonchev–Trinajstić information content (AvgIpc) is 2.46. The second-order valence-electron chi connectivity index (χ2n) is 3.71. The van der Waals surface area contributed by atoms with Gasteiger partial charge < -0.3 is 18.5 Å². The van der Waals surface area contributed by atoms with Gasteiger partial charge >= 0.3 is 13.6 Å². The zero-order valence-corrected chi connectivity index (χ0v) is 12.7. The highest BCUT2D eigenvalue weighted by Gasteiger charge is 2.31. The van der Waals surface area contributed by atoms with Crippen LogP contribution >= 0.6 is 7.60 Å². The molecule has 0 radical (unpaired) electrons. The largest absolute Gasteiger partial charge is 0.497 e. The summed E-state index contributed by atoms with van der Waals surface area (Å²) in [6.45, 7) is 1.21. The summed E-state index contributed by atoms with van der Waals surface area (Å²) in [5, 5.41) is 0. The van der Waals surface area contributed by atoms with Crippen molar-refractivity contribution in [1.29, 1.82) is 0 Å². The molecule has 20 heavy (non-hydrogen) atoms. The van der Waals surface area contributed by atoms with Crippen molar-refractivity contribution in [3.05, 3.63) is 35.3 Å². The summed E-state index contributed by atoms with van der Waals surface area (Å²) in [4.78, 5) is 11.1. The minimum absolute atomic E-state index is 0.167. The summed E-state index contributed by atoms with van der Waals surface area (Å²) in [5.41, 5.74) is 0.497. The van der Waals surface area contributed by atoms with Gasteiger partial charge in [0.2, 0.25) is 5.50 Å². The van der Waals surface area contributed by atoms with Gasteiger partial charge in [0, 0.05) is 21.1 Å². The first kappa shape index (κ1) is 16.4. The summed E-state index contributed by atoms with van der Waals surface area (Å²) in [5.74, 6) is 0.0666. The quantitative estimate of drug-likeness (QED) is 0.457. The lowest BCUT2D eigenvalue weighted by Crippen LogP contribution is -2.02. The van der Waals surface area contributed by atoms with E-state index < -0.39 is 13.6 Å². The number of hydrogen-bond donors (Lipinski definition) is 0. The zero-order valence-electron chi connectivity index (χ0n) is 11.8. The van der Waals surface area contributed by atoms with Crippen LogP contribution in [-0.2, 0) is 23.1 Å². The van der Waals surface area contributed by atoms with E-state index in [4.69, 9.17) is 18.5 Å². The van der Waals surface area contributed by atoms with Crippen LogP contribution in [0.3, 0.4) is 0 Å². The van der Waals surface area contributed by atoms with E-state index in [-0.39, 0.29) is 5.50 Å². The Bertz CT molecular complexity index is 526. The highest BCUT2D eigenvalue weighted by Crippen LogP contribution is 2.55. The van der Waals surface area contributed by atoms with Gasteiger partial charge in [0.15, 0.2) is 0 Å². The van der Waals surface area contributed by atoms with E-state index in [1.165, 1.54) is 27.2 Å². The first-order valence-electron chi connectivity index (χ1n) is 5.71. The fourth-order valence-corrected chi connectivity index (χ4v) is 2.47. The van der Waals surface area contributed by atoms with Crippen molar-refractivity contribution in [1.82, 2.24) is 0 Å². The molecule has 1 aromatic carbocycles. The molecule has 110 valence electrons. The van der Waals surface area contributed by atoms with Crippen molar-refractivity contribution in [3.63, 3.8) is 0 Å². The van der Waals surface area contributed by atoms with Gasteiger partial charge in [-0.15, -0.1) is 0 Å². The number of hydrogen-bond acceptors (Lipinski definition) is 6. The van der Waals surface area contributed by atoms with E-state index in [2.05, 4.69) is 0 Å². The van der Waals surface area contributed by atoms with Crippen molar-refractivity contribution < 1.29 is 27.9 Å². The van der Waals surface area contributed by atoms with Gasteiger partial charge in [0.25, 0.3) is 0 Å². The molecular weight excluding hydrogens is 283 g/mol. The SMILES string of the molecule is COc1ccc(/C=C(/OC(C)=O)P(=O)(OC)OC)cc1. The van der Waals surface area contributed by atoms with Crippen LogP contribution < -0.4 is 4.74 Å². The van der Waals surface area contributed by atoms with Crippen LogP contribution in [0.1, 0.15) is 12.5 Å². The normalized spacial score (nSPS) is 12.1. The molecule has 0 aromatic heterocycles. The fraction of sp³-hybridized carbons (Fsp3) is 0.308. The van der Waals surface area contributed by atoms with Crippen LogP contribution in [0.4, 0.5) is 0 Å². The van der Waals surface area contributed by atoms with E-state index >= 15 is 0 Å². The molecule has 1 aromatic rings. The Labute approximate surface area is 117 Å². The van der Waals surface area contributed by atoms with Crippen LogP contribution in [0.25, 0.3) is 6.08 Å². The predicted octanol–water partition coefficient (Wildman–Crippen LogP) is 3.04. The maximum absolute atomic E-state index is 12.3. The Balaban J connectivity index is 3.17. The van der Waals surface area contributed by atoms with Crippen LogP contribution in [0.5, 0.6) is 5.75 Å². The monoisotopic (exact) mass is 300 g/mol. The number of esters is 1. The van der Waals surface area contributed by atoms with Crippen LogP contribution in [0, 0.1) is 0 Å². The minimum Gasteiger partial charge on any atom is -0.497 e.